The Labute approximate surface area is 197 Å². The van der Waals surface area contributed by atoms with E-state index in [1.807, 2.05) is 25.2 Å². The standard InChI is InChI=1S/C21H35N5O3.HI/c1-18-7-4-5-8-19(18)29-15-6-9-24-21(22-2)26-13-11-25(12-14-26)17-20(27)23-10-16-28-3;/h4-5,7-8H,6,9-17H2,1-3H3,(H,22,24)(H,23,27);1H. The molecule has 0 radical (unpaired) electrons. The number of methoxy groups -OCH3 is 1. The van der Waals surface area contributed by atoms with Gasteiger partial charge >= 0.3 is 0 Å². The minimum atomic E-state index is 0. The van der Waals surface area contributed by atoms with Crippen molar-refractivity contribution in [2.75, 3.05) is 73.2 Å². The van der Waals surface area contributed by atoms with E-state index in [1.165, 1.54) is 0 Å². The van der Waals surface area contributed by atoms with Crippen molar-refractivity contribution in [3.05, 3.63) is 29.8 Å². The molecule has 1 aromatic rings. The van der Waals surface area contributed by atoms with E-state index in [9.17, 15) is 4.79 Å². The van der Waals surface area contributed by atoms with Crippen molar-refractivity contribution in [1.82, 2.24) is 20.4 Å². The molecule has 0 spiro atoms. The molecule has 30 heavy (non-hydrogen) atoms. The fraction of sp³-hybridized carbons (Fsp3) is 0.619. The summed E-state index contributed by atoms with van der Waals surface area (Å²) in [6.07, 6.45) is 0.898. The molecule has 0 unspecified atom stereocenters. The van der Waals surface area contributed by atoms with E-state index in [0.29, 0.717) is 26.3 Å². The van der Waals surface area contributed by atoms with Crippen molar-refractivity contribution < 1.29 is 14.3 Å². The molecule has 1 amide bonds. The molecular weight excluding hydrogens is 497 g/mol. The van der Waals surface area contributed by atoms with Gasteiger partial charge in [0.15, 0.2) is 5.96 Å². The summed E-state index contributed by atoms with van der Waals surface area (Å²) < 4.78 is 10.8. The van der Waals surface area contributed by atoms with Crippen LogP contribution in [0.4, 0.5) is 0 Å². The van der Waals surface area contributed by atoms with E-state index in [2.05, 4.69) is 38.4 Å². The van der Waals surface area contributed by atoms with Crippen LogP contribution in [-0.2, 0) is 9.53 Å². The summed E-state index contributed by atoms with van der Waals surface area (Å²) in [7, 11) is 3.44. The SMILES string of the molecule is CN=C(NCCCOc1ccccc1C)N1CCN(CC(=O)NCCOC)CC1.I. The number of piperazine rings is 1. The molecule has 2 N–H and O–H groups in total. The number of halogens is 1. The number of hydrogen-bond acceptors (Lipinski definition) is 5. The molecule has 0 atom stereocenters. The van der Waals surface area contributed by atoms with Crippen LogP contribution in [0.1, 0.15) is 12.0 Å². The van der Waals surface area contributed by atoms with Crippen molar-refractivity contribution in [3.8, 4) is 5.75 Å². The van der Waals surface area contributed by atoms with Gasteiger partial charge in [0.1, 0.15) is 5.75 Å². The molecule has 1 aromatic carbocycles. The number of para-hydroxylation sites is 1. The maximum atomic E-state index is 11.9. The minimum Gasteiger partial charge on any atom is -0.493 e. The predicted octanol–water partition coefficient (Wildman–Crippen LogP) is 1.34. The molecule has 1 heterocycles. The van der Waals surface area contributed by atoms with Crippen molar-refractivity contribution in [2.24, 2.45) is 4.99 Å². The summed E-state index contributed by atoms with van der Waals surface area (Å²) in [5.41, 5.74) is 1.15. The minimum absolute atomic E-state index is 0. The van der Waals surface area contributed by atoms with Crippen LogP contribution in [0.25, 0.3) is 0 Å². The Morgan fingerprint density at radius 1 is 1.10 bits per heavy atom. The van der Waals surface area contributed by atoms with E-state index in [1.54, 1.807) is 7.11 Å². The van der Waals surface area contributed by atoms with Crippen LogP contribution < -0.4 is 15.4 Å². The Bertz CT molecular complexity index is 651. The number of guanidine groups is 1. The molecule has 1 aliphatic heterocycles. The van der Waals surface area contributed by atoms with Crippen LogP contribution in [0.2, 0.25) is 0 Å². The number of carbonyl (C=O) groups excluding carboxylic acids is 1. The number of aryl methyl sites for hydroxylation is 1. The van der Waals surface area contributed by atoms with E-state index in [4.69, 9.17) is 9.47 Å². The lowest BCUT2D eigenvalue weighted by atomic mass is 10.2. The summed E-state index contributed by atoms with van der Waals surface area (Å²) in [4.78, 5) is 20.7. The van der Waals surface area contributed by atoms with E-state index in [0.717, 1.165) is 56.4 Å². The maximum absolute atomic E-state index is 11.9. The first-order chi connectivity index (χ1) is 14.1. The first-order valence-electron chi connectivity index (χ1n) is 10.3. The summed E-state index contributed by atoms with van der Waals surface area (Å²) in [5, 5.41) is 6.28. The number of hydrogen-bond donors (Lipinski definition) is 2. The van der Waals surface area contributed by atoms with Crippen molar-refractivity contribution in [1.29, 1.82) is 0 Å². The molecule has 0 saturated carbocycles. The topological polar surface area (TPSA) is 78.4 Å². The van der Waals surface area contributed by atoms with Crippen LogP contribution in [0.5, 0.6) is 5.75 Å². The Balaban J connectivity index is 0.00000450. The highest BCUT2D eigenvalue weighted by Crippen LogP contribution is 2.16. The van der Waals surface area contributed by atoms with Crippen LogP contribution >= 0.6 is 24.0 Å². The van der Waals surface area contributed by atoms with Crippen molar-refractivity contribution in [2.45, 2.75) is 13.3 Å². The maximum Gasteiger partial charge on any atom is 0.234 e. The smallest absolute Gasteiger partial charge is 0.234 e. The molecule has 2 rings (SSSR count). The fourth-order valence-corrected chi connectivity index (χ4v) is 3.17. The normalized spacial score (nSPS) is 14.8. The van der Waals surface area contributed by atoms with Gasteiger partial charge in [-0.15, -0.1) is 24.0 Å². The number of carbonyl (C=O) groups is 1. The molecule has 170 valence electrons. The van der Waals surface area contributed by atoms with Gasteiger partial charge in [0, 0.05) is 53.4 Å². The average Bonchev–Trinajstić information content (AvgIpc) is 2.73. The Morgan fingerprint density at radius 2 is 1.83 bits per heavy atom. The number of rotatable bonds is 10. The van der Waals surface area contributed by atoms with Crippen LogP contribution in [0, 0.1) is 6.92 Å². The quantitative estimate of drug-likeness (QED) is 0.205. The van der Waals surface area contributed by atoms with Gasteiger partial charge in [0.2, 0.25) is 5.91 Å². The Hall–Kier alpha value is -1.59. The van der Waals surface area contributed by atoms with Gasteiger partial charge in [0.05, 0.1) is 19.8 Å². The zero-order valence-electron chi connectivity index (χ0n) is 18.4. The summed E-state index contributed by atoms with van der Waals surface area (Å²) >= 11 is 0. The second-order valence-corrected chi connectivity index (χ2v) is 7.05. The van der Waals surface area contributed by atoms with E-state index >= 15 is 0 Å². The second-order valence-electron chi connectivity index (χ2n) is 7.05. The first kappa shape index (κ1) is 26.4. The molecule has 9 heteroatoms. The van der Waals surface area contributed by atoms with Gasteiger partial charge in [0.25, 0.3) is 0 Å². The molecule has 1 fully saturated rings. The largest absolute Gasteiger partial charge is 0.493 e. The van der Waals surface area contributed by atoms with Crippen LogP contribution in [-0.4, -0.2) is 94.9 Å². The summed E-state index contributed by atoms with van der Waals surface area (Å²) in [6, 6.07) is 8.06. The molecule has 1 aliphatic rings. The van der Waals surface area contributed by atoms with E-state index in [-0.39, 0.29) is 29.9 Å². The Morgan fingerprint density at radius 3 is 2.50 bits per heavy atom. The molecular formula is C21H36IN5O3. The molecule has 8 nitrogen and oxygen atoms in total. The van der Waals surface area contributed by atoms with Gasteiger partial charge in [-0.1, -0.05) is 18.2 Å². The average molecular weight is 533 g/mol. The predicted molar refractivity (Wildman–Crippen MR) is 131 cm³/mol. The molecule has 0 aliphatic carbocycles. The van der Waals surface area contributed by atoms with Crippen molar-refractivity contribution >= 4 is 35.8 Å². The van der Waals surface area contributed by atoms with Gasteiger partial charge in [-0.2, -0.15) is 0 Å². The second kappa shape index (κ2) is 15.2. The third-order valence-corrected chi connectivity index (χ3v) is 4.83. The summed E-state index contributed by atoms with van der Waals surface area (Å²) in [6.45, 7) is 8.44. The number of aliphatic imine (C=N–C) groups is 1. The number of ether oxygens (including phenoxy) is 2. The van der Waals surface area contributed by atoms with Crippen LogP contribution in [0.15, 0.2) is 29.3 Å². The fourth-order valence-electron chi connectivity index (χ4n) is 3.17. The highest BCUT2D eigenvalue weighted by Gasteiger charge is 2.20. The van der Waals surface area contributed by atoms with Gasteiger partial charge in [-0.25, -0.2) is 0 Å². The lowest BCUT2D eigenvalue weighted by Gasteiger charge is -2.36. The molecule has 0 bridgehead atoms. The van der Waals surface area contributed by atoms with Gasteiger partial charge < -0.3 is 25.0 Å². The first-order valence-corrected chi connectivity index (χ1v) is 10.3. The number of benzene rings is 1. The highest BCUT2D eigenvalue weighted by molar-refractivity contribution is 14.0. The van der Waals surface area contributed by atoms with Gasteiger partial charge in [-0.3, -0.25) is 14.7 Å². The number of amides is 1. The molecule has 1 saturated heterocycles. The third kappa shape index (κ3) is 9.48. The Kier molecular flexibility index (Phi) is 13.4. The monoisotopic (exact) mass is 533 g/mol. The summed E-state index contributed by atoms with van der Waals surface area (Å²) in [5.74, 6) is 1.90. The number of nitrogens with one attached hydrogen (secondary N) is 2. The zero-order chi connectivity index (χ0) is 20.9. The van der Waals surface area contributed by atoms with E-state index < -0.39 is 0 Å². The van der Waals surface area contributed by atoms with Gasteiger partial charge in [-0.05, 0) is 25.0 Å². The van der Waals surface area contributed by atoms with Crippen molar-refractivity contribution in [3.63, 3.8) is 0 Å². The zero-order valence-corrected chi connectivity index (χ0v) is 20.7. The van der Waals surface area contributed by atoms with Crippen LogP contribution in [0.3, 0.4) is 0 Å². The lowest BCUT2D eigenvalue weighted by molar-refractivity contribution is -0.122. The number of nitrogens with zero attached hydrogens (tertiary/aromatic N) is 3. The highest BCUT2D eigenvalue weighted by atomic mass is 127. The molecule has 0 aromatic heterocycles. The third-order valence-electron chi connectivity index (χ3n) is 4.83. The lowest BCUT2D eigenvalue weighted by Crippen LogP contribution is -2.54.